The summed E-state index contributed by atoms with van der Waals surface area (Å²) < 4.78 is 25.7. The van der Waals surface area contributed by atoms with Crippen molar-refractivity contribution in [1.82, 2.24) is 0 Å². The van der Waals surface area contributed by atoms with Gasteiger partial charge in [0, 0.05) is 12.8 Å². The number of hydrogen-bond acceptors (Lipinski definition) is 0. The zero-order chi connectivity index (χ0) is 12.6. The molecule has 100 valence electrons. The number of hydrogen-bond donors (Lipinski definition) is 0. The molecule has 0 aromatic heterocycles. The van der Waals surface area contributed by atoms with Crippen molar-refractivity contribution in [2.45, 2.75) is 65.2 Å². The van der Waals surface area contributed by atoms with Crippen molar-refractivity contribution in [1.29, 1.82) is 0 Å². The van der Waals surface area contributed by atoms with Gasteiger partial charge in [0.15, 0.2) is 0 Å². The summed E-state index contributed by atoms with van der Waals surface area (Å²) in [6.45, 7) is 6.80. The predicted molar refractivity (Wildman–Crippen MR) is 67.1 cm³/mol. The molecule has 3 atom stereocenters. The number of rotatable bonds is 4. The Morgan fingerprint density at radius 3 is 2.18 bits per heavy atom. The van der Waals surface area contributed by atoms with Crippen LogP contribution in [0.1, 0.15) is 59.3 Å². The fourth-order valence-electron chi connectivity index (χ4n) is 3.76. The second-order valence-corrected chi connectivity index (χ2v) is 6.92. The van der Waals surface area contributed by atoms with Gasteiger partial charge in [-0.2, -0.15) is 0 Å². The van der Waals surface area contributed by atoms with Crippen LogP contribution in [0.3, 0.4) is 0 Å². The molecule has 2 aliphatic carbocycles. The molecule has 2 fully saturated rings. The van der Waals surface area contributed by atoms with Crippen LogP contribution < -0.4 is 0 Å². The summed E-state index contributed by atoms with van der Waals surface area (Å²) in [7, 11) is 0. The molecule has 2 heteroatoms. The molecular formula is C15H26F2. The highest BCUT2D eigenvalue weighted by molar-refractivity contribution is 4.90. The van der Waals surface area contributed by atoms with Gasteiger partial charge in [0.2, 0.25) is 5.92 Å². The topological polar surface area (TPSA) is 0 Å². The van der Waals surface area contributed by atoms with E-state index < -0.39 is 5.92 Å². The minimum Gasteiger partial charge on any atom is -0.207 e. The molecule has 0 radical (unpaired) electrons. The van der Waals surface area contributed by atoms with E-state index in [9.17, 15) is 8.78 Å². The Morgan fingerprint density at radius 1 is 1.06 bits per heavy atom. The van der Waals surface area contributed by atoms with Crippen molar-refractivity contribution >= 4 is 0 Å². The number of halogens is 2. The van der Waals surface area contributed by atoms with E-state index in [1.54, 1.807) is 0 Å². The van der Waals surface area contributed by atoms with Crippen molar-refractivity contribution in [2.75, 3.05) is 0 Å². The smallest absolute Gasteiger partial charge is 0.207 e. The minimum absolute atomic E-state index is 0.147. The molecule has 0 aromatic carbocycles. The molecule has 2 rings (SSSR count). The zero-order valence-corrected chi connectivity index (χ0v) is 11.4. The van der Waals surface area contributed by atoms with Crippen LogP contribution in [0, 0.1) is 29.6 Å². The van der Waals surface area contributed by atoms with E-state index in [4.69, 9.17) is 0 Å². The molecule has 0 heterocycles. The van der Waals surface area contributed by atoms with Crippen LogP contribution in [-0.2, 0) is 0 Å². The van der Waals surface area contributed by atoms with Crippen LogP contribution in [0.25, 0.3) is 0 Å². The minimum atomic E-state index is -2.34. The van der Waals surface area contributed by atoms with Crippen LogP contribution in [0.5, 0.6) is 0 Å². The second-order valence-electron chi connectivity index (χ2n) is 6.92. The highest BCUT2D eigenvalue weighted by atomic mass is 19.3. The largest absolute Gasteiger partial charge is 0.248 e. The average molecular weight is 244 g/mol. The molecule has 2 saturated carbocycles. The van der Waals surface area contributed by atoms with Gasteiger partial charge in [-0.05, 0) is 48.9 Å². The van der Waals surface area contributed by atoms with Gasteiger partial charge in [-0.1, -0.05) is 27.2 Å². The monoisotopic (exact) mass is 244 g/mol. The first-order valence-corrected chi connectivity index (χ1v) is 7.25. The standard InChI is InChI=1S/C15H26F2/c1-10(2)13-5-4-12(7-13)6-11(3)14-8-15(16,17)9-14/h10-14H,4-9H2,1-3H3. The van der Waals surface area contributed by atoms with Crippen LogP contribution in [0.4, 0.5) is 8.78 Å². The van der Waals surface area contributed by atoms with Gasteiger partial charge in [-0.15, -0.1) is 0 Å². The van der Waals surface area contributed by atoms with E-state index in [1.165, 1.54) is 25.7 Å². The summed E-state index contributed by atoms with van der Waals surface area (Å²) in [4.78, 5) is 0. The fraction of sp³-hybridized carbons (Fsp3) is 1.00. The van der Waals surface area contributed by atoms with Crippen LogP contribution >= 0.6 is 0 Å². The average Bonchev–Trinajstić information content (AvgIpc) is 2.62. The van der Waals surface area contributed by atoms with Crippen molar-refractivity contribution < 1.29 is 8.78 Å². The van der Waals surface area contributed by atoms with Crippen LogP contribution in [0.2, 0.25) is 0 Å². The third-order valence-corrected chi connectivity index (χ3v) is 5.16. The Morgan fingerprint density at radius 2 is 1.71 bits per heavy atom. The highest BCUT2D eigenvalue weighted by Gasteiger charge is 2.47. The Balaban J connectivity index is 1.72. The van der Waals surface area contributed by atoms with Gasteiger partial charge < -0.3 is 0 Å². The van der Waals surface area contributed by atoms with Gasteiger partial charge in [-0.25, -0.2) is 8.78 Å². The van der Waals surface area contributed by atoms with E-state index in [0.29, 0.717) is 11.8 Å². The molecule has 0 aromatic rings. The third kappa shape index (κ3) is 3.20. The first-order chi connectivity index (χ1) is 7.87. The quantitative estimate of drug-likeness (QED) is 0.643. The van der Waals surface area contributed by atoms with E-state index in [0.717, 1.165) is 17.8 Å². The Labute approximate surface area is 104 Å². The third-order valence-electron chi connectivity index (χ3n) is 5.16. The summed E-state index contributed by atoms with van der Waals surface area (Å²) in [5, 5.41) is 0. The predicted octanol–water partition coefficient (Wildman–Crippen LogP) is 5.13. The molecule has 0 amide bonds. The maximum atomic E-state index is 12.8. The second kappa shape index (κ2) is 4.85. The van der Waals surface area contributed by atoms with E-state index in [-0.39, 0.29) is 12.8 Å². The zero-order valence-electron chi connectivity index (χ0n) is 11.4. The maximum Gasteiger partial charge on any atom is 0.248 e. The SMILES string of the molecule is CC(C)C1CCC(CC(C)C2CC(F)(F)C2)C1. The lowest BCUT2D eigenvalue weighted by molar-refractivity contribution is -0.126. The summed E-state index contributed by atoms with van der Waals surface area (Å²) >= 11 is 0. The highest BCUT2D eigenvalue weighted by Crippen LogP contribution is 2.49. The first kappa shape index (κ1) is 13.3. The fourth-order valence-corrected chi connectivity index (χ4v) is 3.76. The van der Waals surface area contributed by atoms with Crippen molar-refractivity contribution in [3.63, 3.8) is 0 Å². The van der Waals surface area contributed by atoms with E-state index >= 15 is 0 Å². The molecule has 0 spiro atoms. The molecule has 3 unspecified atom stereocenters. The first-order valence-electron chi connectivity index (χ1n) is 7.25. The molecule has 2 aliphatic rings. The van der Waals surface area contributed by atoms with Crippen LogP contribution in [-0.4, -0.2) is 5.92 Å². The van der Waals surface area contributed by atoms with Gasteiger partial charge in [0.1, 0.15) is 0 Å². The Bertz CT molecular complexity index is 252. The van der Waals surface area contributed by atoms with E-state index in [1.807, 2.05) is 0 Å². The lowest BCUT2D eigenvalue weighted by Crippen LogP contribution is -2.39. The summed E-state index contributed by atoms with van der Waals surface area (Å²) in [5.74, 6) is 0.952. The molecule has 0 saturated heterocycles. The summed E-state index contributed by atoms with van der Waals surface area (Å²) in [6.07, 6.45) is 5.50. The van der Waals surface area contributed by atoms with Crippen molar-refractivity contribution in [3.05, 3.63) is 0 Å². The maximum absolute atomic E-state index is 12.8. The van der Waals surface area contributed by atoms with Crippen LogP contribution in [0.15, 0.2) is 0 Å². The molecule has 0 aliphatic heterocycles. The molecule has 17 heavy (non-hydrogen) atoms. The summed E-state index contributed by atoms with van der Waals surface area (Å²) in [5.41, 5.74) is 0. The molecule has 0 nitrogen and oxygen atoms in total. The normalized spacial score (nSPS) is 34.9. The van der Waals surface area contributed by atoms with E-state index in [2.05, 4.69) is 20.8 Å². The molecular weight excluding hydrogens is 218 g/mol. The van der Waals surface area contributed by atoms with Crippen molar-refractivity contribution in [2.24, 2.45) is 29.6 Å². The molecule has 0 bridgehead atoms. The Hall–Kier alpha value is -0.140. The van der Waals surface area contributed by atoms with Gasteiger partial charge in [0.05, 0.1) is 0 Å². The lowest BCUT2D eigenvalue weighted by Gasteiger charge is -2.39. The summed E-state index contributed by atoms with van der Waals surface area (Å²) in [6, 6.07) is 0. The Kier molecular flexibility index (Phi) is 3.80. The van der Waals surface area contributed by atoms with Crippen molar-refractivity contribution in [3.8, 4) is 0 Å². The molecule has 0 N–H and O–H groups in total. The lowest BCUT2D eigenvalue weighted by atomic mass is 9.71. The number of alkyl halides is 2. The van der Waals surface area contributed by atoms with Gasteiger partial charge >= 0.3 is 0 Å². The van der Waals surface area contributed by atoms with Gasteiger partial charge in [-0.3, -0.25) is 0 Å². The van der Waals surface area contributed by atoms with Gasteiger partial charge in [0.25, 0.3) is 0 Å².